The molecule has 5 rings (SSSR count). The summed E-state index contributed by atoms with van der Waals surface area (Å²) in [5.41, 5.74) is 3.23. The SMILES string of the molecule is Cc1cc(N2CC(O)C(N3CCN(Cc4ccc(Cl)cc4)CC3)C2)nc(-c2ccccc2)n1. The summed E-state index contributed by atoms with van der Waals surface area (Å²) in [5.74, 6) is 1.63. The van der Waals surface area contributed by atoms with Gasteiger partial charge in [-0.25, -0.2) is 9.97 Å². The second-order valence-corrected chi connectivity index (χ2v) is 9.47. The van der Waals surface area contributed by atoms with E-state index in [-0.39, 0.29) is 12.1 Å². The molecule has 0 amide bonds. The summed E-state index contributed by atoms with van der Waals surface area (Å²) < 4.78 is 0. The van der Waals surface area contributed by atoms with Crippen LogP contribution in [0.25, 0.3) is 11.4 Å². The predicted octanol–water partition coefficient (Wildman–Crippen LogP) is 3.47. The van der Waals surface area contributed by atoms with E-state index in [1.54, 1.807) is 0 Å². The highest BCUT2D eigenvalue weighted by Gasteiger charge is 2.37. The van der Waals surface area contributed by atoms with Gasteiger partial charge in [-0.2, -0.15) is 0 Å². The van der Waals surface area contributed by atoms with E-state index in [1.165, 1.54) is 5.56 Å². The second-order valence-electron chi connectivity index (χ2n) is 9.04. The van der Waals surface area contributed by atoms with Crippen LogP contribution in [0.5, 0.6) is 0 Å². The van der Waals surface area contributed by atoms with E-state index < -0.39 is 0 Å². The lowest BCUT2D eigenvalue weighted by Crippen LogP contribution is -2.53. The van der Waals surface area contributed by atoms with Crippen molar-refractivity contribution in [3.63, 3.8) is 0 Å². The summed E-state index contributed by atoms with van der Waals surface area (Å²) in [6, 6.07) is 20.3. The minimum Gasteiger partial charge on any atom is -0.390 e. The van der Waals surface area contributed by atoms with Gasteiger partial charge >= 0.3 is 0 Å². The lowest BCUT2D eigenvalue weighted by molar-refractivity contribution is 0.0424. The number of halogens is 1. The number of hydrogen-bond donors (Lipinski definition) is 1. The molecule has 0 saturated carbocycles. The molecule has 7 heteroatoms. The van der Waals surface area contributed by atoms with Gasteiger partial charge in [0.05, 0.1) is 12.1 Å². The molecule has 1 N–H and O–H groups in total. The Kier molecular flexibility index (Phi) is 6.60. The number of anilines is 1. The molecule has 33 heavy (non-hydrogen) atoms. The van der Waals surface area contributed by atoms with E-state index in [4.69, 9.17) is 16.6 Å². The number of aryl methyl sites for hydroxylation is 1. The van der Waals surface area contributed by atoms with Gasteiger partial charge in [0.15, 0.2) is 5.82 Å². The number of aliphatic hydroxyl groups is 1. The van der Waals surface area contributed by atoms with E-state index in [1.807, 2.05) is 55.5 Å². The minimum absolute atomic E-state index is 0.123. The zero-order chi connectivity index (χ0) is 22.8. The van der Waals surface area contributed by atoms with Crippen molar-refractivity contribution in [2.24, 2.45) is 0 Å². The molecule has 0 radical (unpaired) electrons. The normalized spacial score (nSPS) is 22.1. The summed E-state index contributed by atoms with van der Waals surface area (Å²) in [6.07, 6.45) is -0.386. The zero-order valence-electron chi connectivity index (χ0n) is 18.9. The van der Waals surface area contributed by atoms with Gasteiger partial charge in [0.1, 0.15) is 5.82 Å². The second kappa shape index (κ2) is 9.77. The number of benzene rings is 2. The minimum atomic E-state index is -0.386. The van der Waals surface area contributed by atoms with Crippen LogP contribution >= 0.6 is 11.6 Å². The van der Waals surface area contributed by atoms with Crippen LogP contribution in [0.1, 0.15) is 11.3 Å². The Bertz CT molecular complexity index is 1070. The Balaban J connectivity index is 1.22. The molecule has 2 saturated heterocycles. The third kappa shape index (κ3) is 5.20. The van der Waals surface area contributed by atoms with E-state index in [0.717, 1.165) is 67.2 Å². The number of rotatable bonds is 5. The summed E-state index contributed by atoms with van der Waals surface area (Å²) in [4.78, 5) is 16.6. The molecule has 1 aromatic heterocycles. The van der Waals surface area contributed by atoms with Crippen molar-refractivity contribution in [1.82, 2.24) is 19.8 Å². The van der Waals surface area contributed by atoms with Gasteiger partial charge in [0, 0.05) is 68.2 Å². The fourth-order valence-electron chi connectivity index (χ4n) is 4.85. The zero-order valence-corrected chi connectivity index (χ0v) is 19.7. The van der Waals surface area contributed by atoms with Gasteiger partial charge < -0.3 is 10.0 Å². The number of nitrogens with zero attached hydrogens (tertiary/aromatic N) is 5. The molecule has 2 aliphatic heterocycles. The van der Waals surface area contributed by atoms with Crippen molar-refractivity contribution in [2.45, 2.75) is 25.6 Å². The molecule has 0 bridgehead atoms. The van der Waals surface area contributed by atoms with Crippen molar-refractivity contribution >= 4 is 17.4 Å². The largest absolute Gasteiger partial charge is 0.390 e. The highest BCUT2D eigenvalue weighted by molar-refractivity contribution is 6.30. The highest BCUT2D eigenvalue weighted by Crippen LogP contribution is 2.26. The summed E-state index contributed by atoms with van der Waals surface area (Å²) in [5, 5.41) is 11.7. The molecule has 2 atom stereocenters. The van der Waals surface area contributed by atoms with Crippen LogP contribution in [0, 0.1) is 6.92 Å². The fraction of sp³-hybridized carbons (Fsp3) is 0.385. The van der Waals surface area contributed by atoms with E-state index >= 15 is 0 Å². The molecule has 3 aromatic rings. The number of hydrogen-bond acceptors (Lipinski definition) is 6. The van der Waals surface area contributed by atoms with Gasteiger partial charge in [-0.15, -0.1) is 0 Å². The third-order valence-corrected chi connectivity index (χ3v) is 6.90. The summed E-state index contributed by atoms with van der Waals surface area (Å²) >= 11 is 6.01. The molecular weight excluding hydrogens is 434 g/mol. The highest BCUT2D eigenvalue weighted by atomic mass is 35.5. The first-order chi connectivity index (χ1) is 16.0. The van der Waals surface area contributed by atoms with Crippen LogP contribution in [-0.4, -0.2) is 76.3 Å². The number of aromatic nitrogens is 2. The van der Waals surface area contributed by atoms with Crippen LogP contribution in [0.2, 0.25) is 5.02 Å². The molecule has 0 aliphatic carbocycles. The molecule has 172 valence electrons. The average molecular weight is 464 g/mol. The van der Waals surface area contributed by atoms with Crippen molar-refractivity contribution in [1.29, 1.82) is 0 Å². The van der Waals surface area contributed by atoms with Crippen LogP contribution in [0.3, 0.4) is 0 Å². The molecule has 3 heterocycles. The van der Waals surface area contributed by atoms with Gasteiger partial charge in [-0.3, -0.25) is 9.80 Å². The Morgan fingerprint density at radius 1 is 0.939 bits per heavy atom. The van der Waals surface area contributed by atoms with E-state index in [0.29, 0.717) is 6.54 Å². The lowest BCUT2D eigenvalue weighted by atomic mass is 10.1. The number of aliphatic hydroxyl groups excluding tert-OH is 1. The summed E-state index contributed by atoms with van der Waals surface area (Å²) in [7, 11) is 0. The molecule has 2 aromatic carbocycles. The summed E-state index contributed by atoms with van der Waals surface area (Å²) in [6.45, 7) is 8.23. The Hall–Kier alpha value is -2.51. The van der Waals surface area contributed by atoms with Gasteiger partial charge in [0.25, 0.3) is 0 Å². The van der Waals surface area contributed by atoms with Crippen molar-refractivity contribution in [2.75, 3.05) is 44.2 Å². The average Bonchev–Trinajstić information content (AvgIpc) is 3.23. The van der Waals surface area contributed by atoms with Crippen LogP contribution < -0.4 is 4.90 Å². The Labute approximate surface area is 200 Å². The standard InChI is InChI=1S/C26H30ClN5O/c1-19-15-25(29-26(28-19)21-5-3-2-4-6-21)32-17-23(24(33)18-32)31-13-11-30(12-14-31)16-20-7-9-22(27)10-8-20/h2-10,15,23-24,33H,11-14,16-18H2,1H3. The molecule has 6 nitrogen and oxygen atoms in total. The van der Waals surface area contributed by atoms with Gasteiger partial charge in [-0.05, 0) is 24.6 Å². The predicted molar refractivity (Wildman–Crippen MR) is 133 cm³/mol. The topological polar surface area (TPSA) is 55.7 Å². The van der Waals surface area contributed by atoms with Crippen molar-refractivity contribution < 1.29 is 5.11 Å². The van der Waals surface area contributed by atoms with Gasteiger partial charge in [-0.1, -0.05) is 54.1 Å². The maximum atomic E-state index is 10.9. The molecule has 2 fully saturated rings. The Morgan fingerprint density at radius 3 is 2.39 bits per heavy atom. The van der Waals surface area contributed by atoms with Crippen LogP contribution in [0.15, 0.2) is 60.7 Å². The molecule has 2 unspecified atom stereocenters. The van der Waals surface area contributed by atoms with Crippen molar-refractivity contribution in [3.8, 4) is 11.4 Å². The van der Waals surface area contributed by atoms with Crippen LogP contribution in [-0.2, 0) is 6.54 Å². The third-order valence-electron chi connectivity index (χ3n) is 6.65. The maximum absolute atomic E-state index is 10.9. The van der Waals surface area contributed by atoms with Crippen LogP contribution in [0.4, 0.5) is 5.82 Å². The molecular formula is C26H30ClN5O. The smallest absolute Gasteiger partial charge is 0.161 e. The first kappa shape index (κ1) is 22.3. The molecule has 0 spiro atoms. The first-order valence-electron chi connectivity index (χ1n) is 11.6. The van der Waals surface area contributed by atoms with Gasteiger partial charge in [0.2, 0.25) is 0 Å². The van der Waals surface area contributed by atoms with E-state index in [2.05, 4.69) is 31.8 Å². The van der Waals surface area contributed by atoms with E-state index in [9.17, 15) is 5.11 Å². The molecule has 2 aliphatic rings. The maximum Gasteiger partial charge on any atom is 0.161 e. The fourth-order valence-corrected chi connectivity index (χ4v) is 4.97. The monoisotopic (exact) mass is 463 g/mol. The first-order valence-corrected chi connectivity index (χ1v) is 12.0. The number of β-amino-alcohol motifs (C(OH)–C–C–N with tert-alkyl or cyclic N) is 1. The lowest BCUT2D eigenvalue weighted by Gasteiger charge is -2.38. The number of piperazine rings is 1. The Morgan fingerprint density at radius 2 is 1.67 bits per heavy atom. The quantitative estimate of drug-likeness (QED) is 0.625. The van der Waals surface area contributed by atoms with Crippen molar-refractivity contribution in [3.05, 3.63) is 76.9 Å².